The van der Waals surface area contributed by atoms with Crippen LogP contribution in [-0.4, -0.2) is 47.0 Å². The zero-order chi connectivity index (χ0) is 22.9. The number of pyridine rings is 2. The quantitative estimate of drug-likeness (QED) is 0.613. The fourth-order valence-electron chi connectivity index (χ4n) is 5.22. The number of carbonyl (C=O) groups is 1. The summed E-state index contributed by atoms with van der Waals surface area (Å²) in [5, 5.41) is 0. The molecule has 0 spiro atoms. The van der Waals surface area contributed by atoms with Crippen LogP contribution < -0.4 is 16.2 Å². The Balaban J connectivity index is 1.29. The van der Waals surface area contributed by atoms with E-state index in [0.717, 1.165) is 43.1 Å². The van der Waals surface area contributed by atoms with Crippen molar-refractivity contribution >= 4 is 17.3 Å². The van der Waals surface area contributed by atoms with Crippen molar-refractivity contribution in [2.75, 3.05) is 37.3 Å². The van der Waals surface area contributed by atoms with Crippen molar-refractivity contribution < 1.29 is 4.79 Å². The molecule has 2 unspecified atom stereocenters. The van der Waals surface area contributed by atoms with E-state index in [0.29, 0.717) is 36.1 Å². The third-order valence-electron chi connectivity index (χ3n) is 6.87. The normalized spacial score (nSPS) is 19.1. The molecule has 2 aliphatic rings. The lowest BCUT2D eigenvalue weighted by Gasteiger charge is -2.44. The Morgan fingerprint density at radius 2 is 2.00 bits per heavy atom. The van der Waals surface area contributed by atoms with Crippen LogP contribution in [0.25, 0.3) is 0 Å². The summed E-state index contributed by atoms with van der Waals surface area (Å²) >= 11 is 0. The Labute approximate surface area is 193 Å². The molecule has 170 valence electrons. The Bertz CT molecular complexity index is 1220. The van der Waals surface area contributed by atoms with Crippen molar-refractivity contribution in [2.45, 2.75) is 25.3 Å². The molecule has 7 heteroatoms. The number of benzene rings is 1. The smallest absolute Gasteiger partial charge is 0.253 e. The molecule has 33 heavy (non-hydrogen) atoms. The predicted molar refractivity (Wildman–Crippen MR) is 130 cm³/mol. The molecule has 4 heterocycles. The topological polar surface area (TPSA) is 84.5 Å². The lowest BCUT2D eigenvalue weighted by Crippen LogP contribution is -2.47. The molecule has 1 amide bonds. The maximum Gasteiger partial charge on any atom is 0.253 e. The molecular formula is C26H29N5O2. The van der Waals surface area contributed by atoms with Crippen LogP contribution in [0, 0.1) is 5.92 Å². The third-order valence-corrected chi connectivity index (χ3v) is 6.87. The molecule has 2 N–H and O–H groups in total. The van der Waals surface area contributed by atoms with Gasteiger partial charge in [-0.25, -0.2) is 0 Å². The average Bonchev–Trinajstić information content (AvgIpc) is 2.83. The van der Waals surface area contributed by atoms with Crippen molar-refractivity contribution in [1.82, 2.24) is 14.5 Å². The molecule has 7 nitrogen and oxygen atoms in total. The van der Waals surface area contributed by atoms with Gasteiger partial charge in [0.25, 0.3) is 11.5 Å². The fraction of sp³-hybridized carbons (Fsp3) is 0.346. The van der Waals surface area contributed by atoms with E-state index in [1.807, 2.05) is 41.0 Å². The van der Waals surface area contributed by atoms with Crippen LogP contribution in [0.4, 0.5) is 11.4 Å². The van der Waals surface area contributed by atoms with Crippen LogP contribution in [-0.2, 0) is 13.0 Å². The van der Waals surface area contributed by atoms with Crippen LogP contribution in [0.2, 0.25) is 0 Å². The molecule has 2 aliphatic heterocycles. The second kappa shape index (κ2) is 8.73. The van der Waals surface area contributed by atoms with E-state index in [1.165, 1.54) is 0 Å². The summed E-state index contributed by atoms with van der Waals surface area (Å²) in [7, 11) is 1.81. The van der Waals surface area contributed by atoms with Crippen molar-refractivity contribution in [3.8, 4) is 0 Å². The number of nitrogens with zero attached hydrogens (tertiary/aromatic N) is 4. The van der Waals surface area contributed by atoms with Gasteiger partial charge in [0, 0.05) is 74.8 Å². The van der Waals surface area contributed by atoms with Crippen LogP contribution >= 0.6 is 0 Å². The maximum absolute atomic E-state index is 12.9. The lowest BCUT2D eigenvalue weighted by atomic mass is 9.83. The van der Waals surface area contributed by atoms with Gasteiger partial charge >= 0.3 is 0 Å². The van der Waals surface area contributed by atoms with Crippen LogP contribution in [0.5, 0.6) is 0 Å². The highest BCUT2D eigenvalue weighted by Crippen LogP contribution is 2.38. The van der Waals surface area contributed by atoms with Gasteiger partial charge in [-0.2, -0.15) is 0 Å². The SMILES string of the molecule is CN(CCc1ccccn1)C(=O)c1ccc(N2CC3CC(C2)c2cccc(=O)n2C3)c(N)c1. The molecule has 2 atom stereocenters. The minimum Gasteiger partial charge on any atom is -0.397 e. The first-order chi connectivity index (χ1) is 16.0. The monoisotopic (exact) mass is 443 g/mol. The van der Waals surface area contributed by atoms with Gasteiger partial charge in [0.1, 0.15) is 0 Å². The first-order valence-corrected chi connectivity index (χ1v) is 11.5. The first-order valence-electron chi connectivity index (χ1n) is 11.5. The summed E-state index contributed by atoms with van der Waals surface area (Å²) in [6, 6.07) is 17.0. The number of likely N-dealkylation sites (N-methyl/N-ethyl adjacent to an activating group) is 1. The number of carbonyl (C=O) groups excluding carboxylic acids is 1. The van der Waals surface area contributed by atoms with Gasteiger partial charge < -0.3 is 20.1 Å². The number of piperidine rings is 1. The zero-order valence-electron chi connectivity index (χ0n) is 18.9. The third kappa shape index (κ3) is 4.23. The Morgan fingerprint density at radius 1 is 1.12 bits per heavy atom. The van der Waals surface area contributed by atoms with Crippen LogP contribution in [0.3, 0.4) is 0 Å². The molecule has 1 aromatic carbocycles. The summed E-state index contributed by atoms with van der Waals surface area (Å²) in [5.41, 5.74) is 10.8. The molecule has 1 fully saturated rings. The van der Waals surface area contributed by atoms with Gasteiger partial charge in [-0.3, -0.25) is 14.6 Å². The molecule has 2 bridgehead atoms. The van der Waals surface area contributed by atoms with Gasteiger partial charge in [0.15, 0.2) is 0 Å². The molecule has 1 saturated heterocycles. The summed E-state index contributed by atoms with van der Waals surface area (Å²) < 4.78 is 1.93. The number of anilines is 2. The molecular weight excluding hydrogens is 414 g/mol. The molecule has 5 rings (SSSR count). The summed E-state index contributed by atoms with van der Waals surface area (Å²) in [6.07, 6.45) is 3.57. The van der Waals surface area contributed by atoms with Gasteiger partial charge in [-0.15, -0.1) is 0 Å². The highest BCUT2D eigenvalue weighted by molar-refractivity contribution is 5.96. The average molecular weight is 444 g/mol. The van der Waals surface area contributed by atoms with Gasteiger partial charge in [0.05, 0.1) is 11.4 Å². The van der Waals surface area contributed by atoms with E-state index in [1.54, 1.807) is 30.3 Å². The predicted octanol–water partition coefficient (Wildman–Crippen LogP) is 2.76. The minimum atomic E-state index is -0.0482. The van der Waals surface area contributed by atoms with Crippen LogP contribution in [0.15, 0.2) is 65.6 Å². The van der Waals surface area contributed by atoms with E-state index in [-0.39, 0.29) is 11.5 Å². The van der Waals surface area contributed by atoms with Gasteiger partial charge in [0.2, 0.25) is 0 Å². The molecule has 3 aromatic rings. The molecule has 0 aliphatic carbocycles. The molecule has 0 saturated carbocycles. The van der Waals surface area contributed by atoms with E-state index in [2.05, 4.69) is 16.0 Å². The van der Waals surface area contributed by atoms with E-state index < -0.39 is 0 Å². The number of aromatic nitrogens is 2. The number of nitrogen functional groups attached to an aromatic ring is 1. The van der Waals surface area contributed by atoms with E-state index >= 15 is 0 Å². The maximum atomic E-state index is 12.9. The fourth-order valence-corrected chi connectivity index (χ4v) is 5.22. The number of nitrogens with two attached hydrogens (primary N) is 1. The Morgan fingerprint density at radius 3 is 2.79 bits per heavy atom. The first kappa shape index (κ1) is 21.2. The number of amides is 1. The summed E-state index contributed by atoms with van der Waals surface area (Å²) in [5.74, 6) is 0.674. The number of hydrogen-bond acceptors (Lipinski definition) is 5. The second-order valence-corrected chi connectivity index (χ2v) is 9.17. The number of rotatable bonds is 5. The Hall–Kier alpha value is -3.61. The zero-order valence-corrected chi connectivity index (χ0v) is 18.9. The van der Waals surface area contributed by atoms with Gasteiger partial charge in [-0.05, 0) is 48.7 Å². The highest BCUT2D eigenvalue weighted by Gasteiger charge is 2.35. The van der Waals surface area contributed by atoms with Gasteiger partial charge in [-0.1, -0.05) is 12.1 Å². The summed E-state index contributed by atoms with van der Waals surface area (Å²) in [4.78, 5) is 33.6. The van der Waals surface area contributed by atoms with E-state index in [4.69, 9.17) is 5.73 Å². The number of hydrogen-bond donors (Lipinski definition) is 1. The van der Waals surface area contributed by atoms with Crippen molar-refractivity contribution in [1.29, 1.82) is 0 Å². The summed E-state index contributed by atoms with van der Waals surface area (Å²) in [6.45, 7) is 3.02. The highest BCUT2D eigenvalue weighted by atomic mass is 16.2. The largest absolute Gasteiger partial charge is 0.397 e. The van der Waals surface area contributed by atoms with E-state index in [9.17, 15) is 9.59 Å². The standard InChI is InChI=1S/C26H29N5O2/c1-29(12-10-21-5-2-3-11-28-21)26(33)19-8-9-24(22(27)14-19)30-15-18-13-20(17-30)23-6-4-7-25(32)31(23)16-18/h2-9,11,14,18,20H,10,12-13,15-17,27H2,1H3. The van der Waals surface area contributed by atoms with Crippen molar-refractivity contribution in [3.63, 3.8) is 0 Å². The van der Waals surface area contributed by atoms with Crippen molar-refractivity contribution in [3.05, 3.63) is 88.1 Å². The Kier molecular flexibility index (Phi) is 5.62. The molecule has 2 aromatic heterocycles. The molecule has 0 radical (unpaired) electrons. The van der Waals surface area contributed by atoms with Crippen molar-refractivity contribution in [2.24, 2.45) is 5.92 Å². The lowest BCUT2D eigenvalue weighted by molar-refractivity contribution is 0.0796. The minimum absolute atomic E-state index is 0.0482. The van der Waals surface area contributed by atoms with Crippen LogP contribution in [0.1, 0.15) is 34.1 Å². The second-order valence-electron chi connectivity index (χ2n) is 9.17. The number of fused-ring (bicyclic) bond motifs is 4.